The molecular formula is C17H24N4O3. The number of anilines is 2. The van der Waals surface area contributed by atoms with E-state index in [0.717, 1.165) is 16.8 Å². The molecule has 2 rings (SSSR count). The summed E-state index contributed by atoms with van der Waals surface area (Å²) in [5.74, 6) is 2.48. The van der Waals surface area contributed by atoms with Gasteiger partial charge in [-0.15, -0.1) is 0 Å². The molecule has 1 heterocycles. The Bertz CT molecular complexity index is 707. The lowest BCUT2D eigenvalue weighted by atomic mass is 9.97. The van der Waals surface area contributed by atoms with Gasteiger partial charge in [-0.05, 0) is 23.6 Å². The van der Waals surface area contributed by atoms with Crippen LogP contribution >= 0.6 is 0 Å². The lowest BCUT2D eigenvalue weighted by Gasteiger charge is -2.17. The Hall–Kier alpha value is -2.70. The van der Waals surface area contributed by atoms with Crippen LogP contribution in [0.15, 0.2) is 12.1 Å². The minimum Gasteiger partial charge on any atom is -0.493 e. The van der Waals surface area contributed by atoms with Crippen LogP contribution in [0.25, 0.3) is 0 Å². The number of nitrogens with two attached hydrogens (primary N) is 2. The molecule has 0 saturated carbocycles. The minimum absolute atomic E-state index is 0.176. The maximum atomic E-state index is 6.09. The van der Waals surface area contributed by atoms with Crippen LogP contribution in [0.1, 0.15) is 36.6 Å². The number of methoxy groups -OCH3 is 3. The molecule has 0 aliphatic heterocycles. The average Bonchev–Trinajstić information content (AvgIpc) is 2.55. The number of hydrogen-bond acceptors (Lipinski definition) is 7. The summed E-state index contributed by atoms with van der Waals surface area (Å²) >= 11 is 0. The quantitative estimate of drug-likeness (QED) is 0.836. The molecule has 7 heteroatoms. The van der Waals surface area contributed by atoms with Gasteiger partial charge in [-0.3, -0.25) is 0 Å². The summed E-state index contributed by atoms with van der Waals surface area (Å²) in [4.78, 5) is 8.44. The fourth-order valence-electron chi connectivity index (χ4n) is 2.64. The van der Waals surface area contributed by atoms with Gasteiger partial charge in [0.15, 0.2) is 11.5 Å². The predicted octanol–water partition coefficient (Wildman–Crippen LogP) is 2.38. The molecular weight excluding hydrogens is 308 g/mol. The van der Waals surface area contributed by atoms with Crippen molar-refractivity contribution in [3.8, 4) is 17.2 Å². The Morgan fingerprint density at radius 1 is 0.958 bits per heavy atom. The molecule has 0 bridgehead atoms. The van der Waals surface area contributed by atoms with Crippen molar-refractivity contribution in [2.45, 2.75) is 26.2 Å². The van der Waals surface area contributed by atoms with Crippen LogP contribution in [-0.4, -0.2) is 31.3 Å². The maximum Gasteiger partial charge on any atom is 0.222 e. The Kier molecular flexibility index (Phi) is 5.33. The van der Waals surface area contributed by atoms with Gasteiger partial charge in [0, 0.05) is 12.0 Å². The number of nitrogens with zero attached hydrogens (tertiary/aromatic N) is 2. The van der Waals surface area contributed by atoms with Gasteiger partial charge >= 0.3 is 0 Å². The van der Waals surface area contributed by atoms with E-state index in [0.29, 0.717) is 29.5 Å². The van der Waals surface area contributed by atoms with Crippen LogP contribution in [0.3, 0.4) is 0 Å². The third kappa shape index (κ3) is 3.45. The Labute approximate surface area is 142 Å². The molecule has 1 aromatic heterocycles. The molecule has 130 valence electrons. The first-order valence-corrected chi connectivity index (χ1v) is 7.61. The van der Waals surface area contributed by atoms with Gasteiger partial charge in [0.1, 0.15) is 5.82 Å². The lowest BCUT2D eigenvalue weighted by Crippen LogP contribution is -2.11. The molecule has 0 atom stereocenters. The molecule has 1 aromatic carbocycles. The highest BCUT2D eigenvalue weighted by atomic mass is 16.5. The SMILES string of the molecule is COc1cc(Cc2c(N)nc(N)nc2C(C)C)cc(OC)c1OC. The second-order valence-corrected chi connectivity index (χ2v) is 5.70. The molecule has 0 radical (unpaired) electrons. The normalized spacial score (nSPS) is 10.8. The maximum absolute atomic E-state index is 6.09. The van der Waals surface area contributed by atoms with E-state index in [1.807, 2.05) is 26.0 Å². The topological polar surface area (TPSA) is 106 Å². The first kappa shape index (κ1) is 17.7. The molecule has 0 fully saturated rings. The summed E-state index contributed by atoms with van der Waals surface area (Å²) in [5, 5.41) is 0. The largest absolute Gasteiger partial charge is 0.493 e. The molecule has 24 heavy (non-hydrogen) atoms. The molecule has 0 unspecified atom stereocenters. The second kappa shape index (κ2) is 7.25. The molecule has 0 aliphatic carbocycles. The van der Waals surface area contributed by atoms with Crippen LogP contribution in [0.5, 0.6) is 17.2 Å². The third-order valence-corrected chi connectivity index (χ3v) is 3.74. The highest BCUT2D eigenvalue weighted by molar-refractivity contribution is 5.56. The number of hydrogen-bond donors (Lipinski definition) is 2. The van der Waals surface area contributed by atoms with Gasteiger partial charge in [-0.1, -0.05) is 13.8 Å². The van der Waals surface area contributed by atoms with Crippen molar-refractivity contribution < 1.29 is 14.2 Å². The van der Waals surface area contributed by atoms with Crippen molar-refractivity contribution in [1.82, 2.24) is 9.97 Å². The molecule has 0 amide bonds. The van der Waals surface area contributed by atoms with E-state index in [4.69, 9.17) is 25.7 Å². The van der Waals surface area contributed by atoms with E-state index >= 15 is 0 Å². The molecule has 4 N–H and O–H groups in total. The van der Waals surface area contributed by atoms with E-state index in [1.54, 1.807) is 21.3 Å². The summed E-state index contributed by atoms with van der Waals surface area (Å²) in [6.45, 7) is 4.08. The Morgan fingerprint density at radius 3 is 2.00 bits per heavy atom. The van der Waals surface area contributed by atoms with Crippen molar-refractivity contribution in [2.75, 3.05) is 32.8 Å². The molecule has 0 spiro atoms. The smallest absolute Gasteiger partial charge is 0.222 e. The van der Waals surface area contributed by atoms with Crippen LogP contribution in [0.2, 0.25) is 0 Å². The lowest BCUT2D eigenvalue weighted by molar-refractivity contribution is 0.324. The van der Waals surface area contributed by atoms with Gasteiger partial charge in [-0.25, -0.2) is 4.98 Å². The van der Waals surface area contributed by atoms with Crippen molar-refractivity contribution in [1.29, 1.82) is 0 Å². The van der Waals surface area contributed by atoms with Crippen molar-refractivity contribution in [3.63, 3.8) is 0 Å². The molecule has 2 aromatic rings. The zero-order chi connectivity index (χ0) is 17.9. The Morgan fingerprint density at radius 2 is 1.54 bits per heavy atom. The third-order valence-electron chi connectivity index (χ3n) is 3.74. The van der Waals surface area contributed by atoms with Gasteiger partial charge in [0.2, 0.25) is 11.7 Å². The highest BCUT2D eigenvalue weighted by Crippen LogP contribution is 2.39. The number of rotatable bonds is 6. The van der Waals surface area contributed by atoms with Crippen LogP contribution in [0.4, 0.5) is 11.8 Å². The number of aromatic nitrogens is 2. The fraction of sp³-hybridized carbons (Fsp3) is 0.412. The van der Waals surface area contributed by atoms with Crippen molar-refractivity contribution >= 4 is 11.8 Å². The number of ether oxygens (including phenoxy) is 3. The van der Waals surface area contributed by atoms with E-state index in [9.17, 15) is 0 Å². The fourth-order valence-corrected chi connectivity index (χ4v) is 2.64. The van der Waals surface area contributed by atoms with Gasteiger partial charge in [0.05, 0.1) is 27.0 Å². The van der Waals surface area contributed by atoms with Gasteiger partial charge in [-0.2, -0.15) is 4.98 Å². The van der Waals surface area contributed by atoms with E-state index in [2.05, 4.69) is 9.97 Å². The molecule has 0 aliphatic rings. The summed E-state index contributed by atoms with van der Waals surface area (Å²) in [5.41, 5.74) is 14.5. The van der Waals surface area contributed by atoms with Crippen LogP contribution in [-0.2, 0) is 6.42 Å². The van der Waals surface area contributed by atoms with Crippen molar-refractivity contribution in [3.05, 3.63) is 29.0 Å². The highest BCUT2D eigenvalue weighted by Gasteiger charge is 2.18. The van der Waals surface area contributed by atoms with E-state index in [-0.39, 0.29) is 11.9 Å². The zero-order valence-corrected chi connectivity index (χ0v) is 14.7. The standard InChI is InChI=1S/C17H24N4O3/c1-9(2)14-11(16(18)21-17(19)20-14)6-10-7-12(22-3)15(24-5)13(8-10)23-4/h7-9H,6H2,1-5H3,(H4,18,19,20,21). The van der Waals surface area contributed by atoms with Gasteiger partial charge in [0.25, 0.3) is 0 Å². The van der Waals surface area contributed by atoms with Crippen molar-refractivity contribution in [2.24, 2.45) is 0 Å². The predicted molar refractivity (Wildman–Crippen MR) is 93.8 cm³/mol. The zero-order valence-electron chi connectivity index (χ0n) is 14.7. The number of benzene rings is 1. The summed E-state index contributed by atoms with van der Waals surface area (Å²) in [7, 11) is 4.74. The van der Waals surface area contributed by atoms with E-state index < -0.39 is 0 Å². The summed E-state index contributed by atoms with van der Waals surface area (Å²) in [6.07, 6.45) is 0.538. The first-order valence-electron chi connectivity index (χ1n) is 7.61. The first-order chi connectivity index (χ1) is 11.4. The minimum atomic E-state index is 0.176. The Balaban J connectivity index is 2.52. The summed E-state index contributed by atoms with van der Waals surface area (Å²) in [6, 6.07) is 3.78. The van der Waals surface area contributed by atoms with Crippen LogP contribution < -0.4 is 25.7 Å². The average molecular weight is 332 g/mol. The number of nitrogen functional groups attached to an aromatic ring is 2. The molecule has 7 nitrogen and oxygen atoms in total. The van der Waals surface area contributed by atoms with E-state index in [1.165, 1.54) is 0 Å². The summed E-state index contributed by atoms with van der Waals surface area (Å²) < 4.78 is 16.1. The van der Waals surface area contributed by atoms with Gasteiger partial charge < -0.3 is 25.7 Å². The monoisotopic (exact) mass is 332 g/mol. The van der Waals surface area contributed by atoms with Crippen LogP contribution in [0, 0.1) is 0 Å². The molecule has 0 saturated heterocycles. The second-order valence-electron chi connectivity index (χ2n) is 5.70.